The van der Waals surface area contributed by atoms with Gasteiger partial charge < -0.3 is 4.90 Å². The maximum absolute atomic E-state index is 12.2. The van der Waals surface area contributed by atoms with Crippen LogP contribution in [0.2, 0.25) is 0 Å². The van der Waals surface area contributed by atoms with Crippen molar-refractivity contribution in [2.45, 2.75) is 6.18 Å². The number of hydrogen-bond donors (Lipinski definition) is 0. The SMILES string of the molecule is FC(F)(F)CN1CCN(c2cccnc2)CC1. The van der Waals surface area contributed by atoms with Gasteiger partial charge in [-0.1, -0.05) is 0 Å². The van der Waals surface area contributed by atoms with Crippen LogP contribution in [0.25, 0.3) is 0 Å². The first-order valence-electron chi connectivity index (χ1n) is 5.49. The van der Waals surface area contributed by atoms with E-state index in [1.807, 2.05) is 12.1 Å². The third-order valence-corrected chi connectivity index (χ3v) is 2.79. The van der Waals surface area contributed by atoms with Crippen LogP contribution >= 0.6 is 0 Å². The summed E-state index contributed by atoms with van der Waals surface area (Å²) in [5.41, 5.74) is 0.971. The molecule has 1 aromatic rings. The van der Waals surface area contributed by atoms with Crippen LogP contribution in [-0.2, 0) is 0 Å². The average molecular weight is 245 g/mol. The van der Waals surface area contributed by atoms with Crippen LogP contribution in [-0.4, -0.2) is 48.8 Å². The Bertz CT molecular complexity index is 345. The van der Waals surface area contributed by atoms with Gasteiger partial charge in [0.2, 0.25) is 0 Å². The van der Waals surface area contributed by atoms with Gasteiger partial charge >= 0.3 is 6.18 Å². The Morgan fingerprint density at radius 3 is 2.41 bits per heavy atom. The van der Waals surface area contributed by atoms with E-state index in [0.29, 0.717) is 26.2 Å². The van der Waals surface area contributed by atoms with Crippen LogP contribution in [0, 0.1) is 0 Å². The summed E-state index contributed by atoms with van der Waals surface area (Å²) in [6.07, 6.45) is -0.681. The van der Waals surface area contributed by atoms with Gasteiger partial charge in [0, 0.05) is 32.4 Å². The highest BCUT2D eigenvalue weighted by molar-refractivity contribution is 5.43. The number of pyridine rings is 1. The zero-order valence-electron chi connectivity index (χ0n) is 9.32. The molecular formula is C11H14F3N3. The van der Waals surface area contributed by atoms with Crippen molar-refractivity contribution in [3.05, 3.63) is 24.5 Å². The lowest BCUT2D eigenvalue weighted by atomic mass is 10.2. The Morgan fingerprint density at radius 1 is 1.18 bits per heavy atom. The van der Waals surface area contributed by atoms with E-state index in [2.05, 4.69) is 9.88 Å². The fourth-order valence-electron chi connectivity index (χ4n) is 1.96. The first-order chi connectivity index (χ1) is 8.04. The minimum absolute atomic E-state index is 0.439. The quantitative estimate of drug-likeness (QED) is 0.791. The van der Waals surface area contributed by atoms with Crippen LogP contribution in [0.15, 0.2) is 24.5 Å². The summed E-state index contributed by atoms with van der Waals surface area (Å²) >= 11 is 0. The normalized spacial score (nSPS) is 18.4. The summed E-state index contributed by atoms with van der Waals surface area (Å²) in [5, 5.41) is 0. The predicted molar refractivity (Wildman–Crippen MR) is 58.9 cm³/mol. The molecule has 1 aliphatic heterocycles. The lowest BCUT2D eigenvalue weighted by Gasteiger charge is -2.36. The van der Waals surface area contributed by atoms with Gasteiger partial charge in [-0.2, -0.15) is 13.2 Å². The van der Waals surface area contributed by atoms with Crippen molar-refractivity contribution in [2.75, 3.05) is 37.6 Å². The third-order valence-electron chi connectivity index (χ3n) is 2.79. The van der Waals surface area contributed by atoms with Crippen LogP contribution in [0.3, 0.4) is 0 Å². The number of rotatable bonds is 2. The number of piperazine rings is 1. The Kier molecular flexibility index (Phi) is 3.51. The molecule has 1 saturated heterocycles. The molecule has 2 heterocycles. The Hall–Kier alpha value is -1.30. The monoisotopic (exact) mass is 245 g/mol. The molecule has 0 amide bonds. The molecule has 3 nitrogen and oxygen atoms in total. The number of anilines is 1. The number of hydrogen-bond acceptors (Lipinski definition) is 3. The van der Waals surface area contributed by atoms with Crippen LogP contribution in [0.4, 0.5) is 18.9 Å². The smallest absolute Gasteiger partial charge is 0.368 e. The fraction of sp³-hybridized carbons (Fsp3) is 0.545. The van der Waals surface area contributed by atoms with Crippen LogP contribution in [0.5, 0.6) is 0 Å². The average Bonchev–Trinajstić information content (AvgIpc) is 2.29. The van der Waals surface area contributed by atoms with E-state index in [1.165, 1.54) is 4.90 Å². The van der Waals surface area contributed by atoms with Gasteiger partial charge in [-0.3, -0.25) is 9.88 Å². The Morgan fingerprint density at radius 2 is 1.88 bits per heavy atom. The zero-order chi connectivity index (χ0) is 12.3. The van der Waals surface area contributed by atoms with Crippen molar-refractivity contribution in [2.24, 2.45) is 0 Å². The molecule has 0 radical (unpaired) electrons. The summed E-state index contributed by atoms with van der Waals surface area (Å²) in [6.45, 7) is 1.29. The molecule has 0 aromatic carbocycles. The van der Waals surface area contributed by atoms with Crippen molar-refractivity contribution in [3.63, 3.8) is 0 Å². The molecule has 0 N–H and O–H groups in total. The van der Waals surface area contributed by atoms with Gasteiger partial charge in [0.25, 0.3) is 0 Å². The minimum Gasteiger partial charge on any atom is -0.368 e. The van der Waals surface area contributed by atoms with Crippen LogP contribution < -0.4 is 4.90 Å². The first-order valence-corrected chi connectivity index (χ1v) is 5.49. The van der Waals surface area contributed by atoms with E-state index in [4.69, 9.17) is 0 Å². The molecule has 0 bridgehead atoms. The van der Waals surface area contributed by atoms with Gasteiger partial charge in [0.1, 0.15) is 0 Å². The van der Waals surface area contributed by atoms with Crippen molar-refractivity contribution < 1.29 is 13.2 Å². The third kappa shape index (κ3) is 3.59. The van der Waals surface area contributed by atoms with Crippen LogP contribution in [0.1, 0.15) is 0 Å². The Labute approximate surface area is 97.9 Å². The molecule has 6 heteroatoms. The highest BCUT2D eigenvalue weighted by Crippen LogP contribution is 2.19. The van der Waals surface area contributed by atoms with Crippen molar-refractivity contribution in [3.8, 4) is 0 Å². The zero-order valence-corrected chi connectivity index (χ0v) is 9.32. The lowest BCUT2D eigenvalue weighted by molar-refractivity contribution is -0.146. The highest BCUT2D eigenvalue weighted by atomic mass is 19.4. The molecule has 1 aliphatic rings. The summed E-state index contributed by atoms with van der Waals surface area (Å²) < 4.78 is 36.6. The second-order valence-corrected chi connectivity index (χ2v) is 4.09. The predicted octanol–water partition coefficient (Wildman–Crippen LogP) is 1.77. The molecule has 0 atom stereocenters. The molecule has 0 saturated carbocycles. The van der Waals surface area contributed by atoms with Gasteiger partial charge in [0.05, 0.1) is 18.4 Å². The molecular weight excluding hydrogens is 231 g/mol. The van der Waals surface area contributed by atoms with Gasteiger partial charge in [-0.25, -0.2) is 0 Å². The van der Waals surface area contributed by atoms with Crippen molar-refractivity contribution >= 4 is 5.69 Å². The van der Waals surface area contributed by atoms with E-state index in [9.17, 15) is 13.2 Å². The summed E-state index contributed by atoms with van der Waals surface area (Å²) in [5.74, 6) is 0. The topological polar surface area (TPSA) is 19.4 Å². The van der Waals surface area contributed by atoms with Crippen molar-refractivity contribution in [1.29, 1.82) is 0 Å². The van der Waals surface area contributed by atoms with E-state index in [0.717, 1.165) is 5.69 Å². The maximum atomic E-state index is 12.2. The fourth-order valence-corrected chi connectivity index (χ4v) is 1.96. The second kappa shape index (κ2) is 4.91. The first kappa shape index (κ1) is 12.2. The lowest BCUT2D eigenvalue weighted by Crippen LogP contribution is -2.49. The molecule has 2 rings (SSSR count). The van der Waals surface area contributed by atoms with E-state index in [-0.39, 0.29) is 0 Å². The number of alkyl halides is 3. The Balaban J connectivity index is 1.86. The van der Waals surface area contributed by atoms with E-state index < -0.39 is 12.7 Å². The molecule has 1 aromatic heterocycles. The number of aromatic nitrogens is 1. The minimum atomic E-state index is -4.10. The standard InChI is InChI=1S/C11H14F3N3/c12-11(13,14)9-16-4-6-17(7-5-16)10-2-1-3-15-8-10/h1-3,8H,4-7,9H2. The summed E-state index contributed by atoms with van der Waals surface area (Å²) in [6, 6.07) is 3.75. The van der Waals surface area contributed by atoms with E-state index in [1.54, 1.807) is 12.4 Å². The summed E-state index contributed by atoms with van der Waals surface area (Å²) in [4.78, 5) is 7.50. The van der Waals surface area contributed by atoms with Crippen molar-refractivity contribution in [1.82, 2.24) is 9.88 Å². The number of halogens is 3. The molecule has 0 spiro atoms. The van der Waals surface area contributed by atoms with E-state index >= 15 is 0 Å². The number of nitrogens with zero attached hydrogens (tertiary/aromatic N) is 3. The molecule has 1 fully saturated rings. The van der Waals surface area contributed by atoms with Gasteiger partial charge in [0.15, 0.2) is 0 Å². The molecule has 94 valence electrons. The largest absolute Gasteiger partial charge is 0.401 e. The second-order valence-electron chi connectivity index (χ2n) is 4.09. The molecule has 0 aliphatic carbocycles. The molecule has 17 heavy (non-hydrogen) atoms. The van der Waals surface area contributed by atoms with Gasteiger partial charge in [-0.05, 0) is 12.1 Å². The van der Waals surface area contributed by atoms with Gasteiger partial charge in [-0.15, -0.1) is 0 Å². The highest BCUT2D eigenvalue weighted by Gasteiger charge is 2.32. The summed E-state index contributed by atoms with van der Waals surface area (Å²) in [7, 11) is 0. The molecule has 0 unspecified atom stereocenters. The maximum Gasteiger partial charge on any atom is 0.401 e.